The summed E-state index contributed by atoms with van der Waals surface area (Å²) in [5.74, 6) is -0.188. The normalized spacial score (nSPS) is 12.0. The van der Waals surface area contributed by atoms with Crippen molar-refractivity contribution < 1.29 is 27.1 Å². The van der Waals surface area contributed by atoms with Gasteiger partial charge in [-0.15, -0.1) is 0 Å². The Morgan fingerprint density at radius 3 is 2.25 bits per heavy atom. The van der Waals surface area contributed by atoms with Gasteiger partial charge in [-0.25, -0.2) is 12.8 Å². The van der Waals surface area contributed by atoms with Crippen LogP contribution in [-0.2, 0) is 21.2 Å². The van der Waals surface area contributed by atoms with Crippen LogP contribution in [0.5, 0.6) is 11.5 Å². The molecule has 0 fully saturated rings. The summed E-state index contributed by atoms with van der Waals surface area (Å²) < 4.78 is 52.2. The lowest BCUT2D eigenvalue weighted by atomic mass is 9.97. The SMILES string of the molecule is CCC(CNC(=O)CN(c1ccc(F)cc1)S(=O)(=O)c1ccc(OC)c(OC)c1)Cc1ccccc1. The zero-order valence-electron chi connectivity index (χ0n) is 20.6. The van der Waals surface area contributed by atoms with E-state index in [9.17, 15) is 17.6 Å². The van der Waals surface area contributed by atoms with Gasteiger partial charge in [0.15, 0.2) is 11.5 Å². The Morgan fingerprint density at radius 1 is 0.972 bits per heavy atom. The minimum Gasteiger partial charge on any atom is -0.493 e. The van der Waals surface area contributed by atoms with Crippen molar-refractivity contribution in [2.45, 2.75) is 24.7 Å². The number of halogens is 1. The Morgan fingerprint density at radius 2 is 1.64 bits per heavy atom. The van der Waals surface area contributed by atoms with E-state index in [0.717, 1.165) is 29.3 Å². The van der Waals surface area contributed by atoms with Gasteiger partial charge in [0.05, 0.1) is 24.8 Å². The Bertz CT molecular complexity index is 1250. The van der Waals surface area contributed by atoms with Crippen LogP contribution in [-0.4, -0.2) is 41.6 Å². The molecule has 0 aliphatic heterocycles. The minimum atomic E-state index is -4.20. The van der Waals surface area contributed by atoms with Crippen LogP contribution in [0.25, 0.3) is 0 Å². The van der Waals surface area contributed by atoms with E-state index in [1.54, 1.807) is 0 Å². The number of carbonyl (C=O) groups excluding carboxylic acids is 1. The third-order valence-electron chi connectivity index (χ3n) is 5.88. The molecule has 3 rings (SSSR count). The third-order valence-corrected chi connectivity index (χ3v) is 7.65. The van der Waals surface area contributed by atoms with Gasteiger partial charge in [0.25, 0.3) is 10.0 Å². The molecule has 1 atom stereocenters. The zero-order chi connectivity index (χ0) is 26.1. The number of hydrogen-bond donors (Lipinski definition) is 1. The summed E-state index contributed by atoms with van der Waals surface area (Å²) in [6.45, 7) is 1.98. The van der Waals surface area contributed by atoms with E-state index >= 15 is 0 Å². The second kappa shape index (κ2) is 12.4. The number of nitrogens with zero attached hydrogens (tertiary/aromatic N) is 1. The number of amides is 1. The highest BCUT2D eigenvalue weighted by atomic mass is 32.2. The maximum Gasteiger partial charge on any atom is 0.264 e. The molecular weight excluding hydrogens is 483 g/mol. The fraction of sp³-hybridized carbons (Fsp3) is 0.296. The van der Waals surface area contributed by atoms with Gasteiger partial charge < -0.3 is 14.8 Å². The van der Waals surface area contributed by atoms with Gasteiger partial charge >= 0.3 is 0 Å². The van der Waals surface area contributed by atoms with Crippen molar-refractivity contribution in [1.29, 1.82) is 0 Å². The maximum absolute atomic E-state index is 13.6. The predicted molar refractivity (Wildman–Crippen MR) is 137 cm³/mol. The Labute approximate surface area is 211 Å². The van der Waals surface area contributed by atoms with E-state index in [0.29, 0.717) is 12.3 Å². The molecule has 0 radical (unpaired) electrons. The van der Waals surface area contributed by atoms with Crippen LogP contribution in [0, 0.1) is 11.7 Å². The van der Waals surface area contributed by atoms with Crippen LogP contribution >= 0.6 is 0 Å². The summed E-state index contributed by atoms with van der Waals surface area (Å²) in [5.41, 5.74) is 1.33. The first-order valence-electron chi connectivity index (χ1n) is 11.6. The Hall–Kier alpha value is -3.59. The Balaban J connectivity index is 1.82. The maximum atomic E-state index is 13.6. The third kappa shape index (κ3) is 6.75. The van der Waals surface area contributed by atoms with Crippen LogP contribution < -0.4 is 19.1 Å². The summed E-state index contributed by atoms with van der Waals surface area (Å²) in [5, 5.41) is 2.87. The summed E-state index contributed by atoms with van der Waals surface area (Å²) in [4.78, 5) is 12.8. The quantitative estimate of drug-likeness (QED) is 0.387. The number of hydrogen-bond acceptors (Lipinski definition) is 5. The average Bonchev–Trinajstić information content (AvgIpc) is 2.90. The van der Waals surface area contributed by atoms with Gasteiger partial charge in [-0.3, -0.25) is 9.10 Å². The molecule has 0 bridgehead atoms. The van der Waals surface area contributed by atoms with Crippen LogP contribution in [0.2, 0.25) is 0 Å². The largest absolute Gasteiger partial charge is 0.493 e. The monoisotopic (exact) mass is 514 g/mol. The molecule has 1 unspecified atom stereocenters. The van der Waals surface area contributed by atoms with E-state index in [2.05, 4.69) is 5.32 Å². The standard InChI is InChI=1S/C27H31FN2O5S/c1-4-20(16-21-8-6-5-7-9-21)18-29-27(31)19-30(23-12-10-22(28)11-13-23)36(32,33)24-14-15-25(34-2)26(17-24)35-3/h5-15,17,20H,4,16,18-19H2,1-3H3,(H,29,31). The van der Waals surface area contributed by atoms with Crippen LogP contribution in [0.3, 0.4) is 0 Å². The molecule has 3 aromatic rings. The second-order valence-electron chi connectivity index (χ2n) is 8.27. The van der Waals surface area contributed by atoms with Crippen molar-refractivity contribution >= 4 is 21.6 Å². The van der Waals surface area contributed by atoms with Crippen molar-refractivity contribution in [3.8, 4) is 11.5 Å². The number of nitrogens with one attached hydrogen (secondary N) is 1. The predicted octanol–water partition coefficient (Wildman–Crippen LogP) is 4.42. The fourth-order valence-electron chi connectivity index (χ4n) is 3.78. The minimum absolute atomic E-state index is 0.0900. The van der Waals surface area contributed by atoms with E-state index in [1.165, 1.54) is 50.1 Å². The molecule has 0 aliphatic rings. The lowest BCUT2D eigenvalue weighted by Crippen LogP contribution is -2.42. The van der Waals surface area contributed by atoms with Crippen LogP contribution in [0.4, 0.5) is 10.1 Å². The lowest BCUT2D eigenvalue weighted by molar-refractivity contribution is -0.119. The average molecular weight is 515 g/mol. The van der Waals surface area contributed by atoms with E-state index in [-0.39, 0.29) is 22.3 Å². The van der Waals surface area contributed by atoms with Crippen molar-refractivity contribution in [2.75, 3.05) is 31.6 Å². The molecule has 0 spiro atoms. The molecule has 36 heavy (non-hydrogen) atoms. The molecule has 0 aromatic heterocycles. The number of carbonyl (C=O) groups is 1. The smallest absolute Gasteiger partial charge is 0.264 e. The molecule has 7 nitrogen and oxygen atoms in total. The summed E-state index contributed by atoms with van der Waals surface area (Å²) in [7, 11) is -1.35. The first-order chi connectivity index (χ1) is 17.3. The zero-order valence-corrected chi connectivity index (χ0v) is 21.4. The van der Waals surface area contributed by atoms with Gasteiger partial charge in [0.1, 0.15) is 12.4 Å². The van der Waals surface area contributed by atoms with Crippen molar-refractivity contribution in [3.63, 3.8) is 0 Å². The molecule has 9 heteroatoms. The summed E-state index contributed by atoms with van der Waals surface area (Å²) in [6, 6.07) is 19.1. The molecule has 1 amide bonds. The first-order valence-corrected chi connectivity index (χ1v) is 13.0. The summed E-state index contributed by atoms with van der Waals surface area (Å²) in [6.07, 6.45) is 1.64. The highest BCUT2D eigenvalue weighted by Gasteiger charge is 2.28. The van der Waals surface area contributed by atoms with Crippen molar-refractivity contribution in [3.05, 3.63) is 84.2 Å². The number of methoxy groups -OCH3 is 2. The van der Waals surface area contributed by atoms with Gasteiger partial charge in [-0.2, -0.15) is 0 Å². The first kappa shape index (κ1) is 27.0. The summed E-state index contributed by atoms with van der Waals surface area (Å²) >= 11 is 0. The van der Waals surface area contributed by atoms with Gasteiger partial charge in [0, 0.05) is 12.6 Å². The molecule has 0 aliphatic carbocycles. The van der Waals surface area contributed by atoms with Crippen LogP contribution in [0.1, 0.15) is 18.9 Å². The van der Waals surface area contributed by atoms with E-state index in [1.807, 2.05) is 37.3 Å². The number of anilines is 1. The molecular formula is C27H31FN2O5S. The number of rotatable bonds is 12. The molecule has 0 saturated carbocycles. The molecule has 3 aromatic carbocycles. The van der Waals surface area contributed by atoms with Crippen molar-refractivity contribution in [1.82, 2.24) is 5.32 Å². The van der Waals surface area contributed by atoms with Gasteiger partial charge in [-0.1, -0.05) is 43.7 Å². The van der Waals surface area contributed by atoms with E-state index in [4.69, 9.17) is 9.47 Å². The van der Waals surface area contributed by atoms with Gasteiger partial charge in [-0.05, 0) is 54.3 Å². The number of sulfonamides is 1. The van der Waals surface area contributed by atoms with Crippen LogP contribution in [0.15, 0.2) is 77.7 Å². The highest BCUT2D eigenvalue weighted by molar-refractivity contribution is 7.92. The molecule has 1 N–H and O–H groups in total. The topological polar surface area (TPSA) is 84.9 Å². The number of ether oxygens (including phenoxy) is 2. The highest BCUT2D eigenvalue weighted by Crippen LogP contribution is 2.32. The van der Waals surface area contributed by atoms with E-state index < -0.39 is 28.3 Å². The van der Waals surface area contributed by atoms with Gasteiger partial charge in [0.2, 0.25) is 5.91 Å². The second-order valence-corrected chi connectivity index (χ2v) is 10.1. The lowest BCUT2D eigenvalue weighted by Gasteiger charge is -2.25. The molecule has 0 saturated heterocycles. The Kier molecular flexibility index (Phi) is 9.30. The number of benzene rings is 3. The fourth-order valence-corrected chi connectivity index (χ4v) is 5.22. The molecule has 0 heterocycles. The van der Waals surface area contributed by atoms with Crippen molar-refractivity contribution in [2.24, 2.45) is 5.92 Å². The molecule has 192 valence electrons.